The lowest BCUT2D eigenvalue weighted by Gasteiger charge is -2.10. The molecule has 78 valence electrons. The van der Waals surface area contributed by atoms with E-state index in [9.17, 15) is 14.4 Å². The number of benzene rings is 2. The van der Waals surface area contributed by atoms with E-state index in [0.717, 1.165) is 5.39 Å². The summed E-state index contributed by atoms with van der Waals surface area (Å²) in [5.41, 5.74) is 0. The van der Waals surface area contributed by atoms with Gasteiger partial charge in [-0.15, -0.1) is 0 Å². The number of rotatable bonds is 1. The molecule has 2 N–H and O–H groups in total. The van der Waals surface area contributed by atoms with Gasteiger partial charge in [-0.3, -0.25) is 4.57 Å². The smallest absolute Gasteiger partial charge is 0.321 e. The van der Waals surface area contributed by atoms with Crippen LogP contribution in [0.25, 0.3) is 10.8 Å². The highest BCUT2D eigenvalue weighted by Crippen LogP contribution is 2.38. The number of fused-ring (bicyclic) bond motifs is 1. The molecule has 2 aromatic rings. The van der Waals surface area contributed by atoms with Gasteiger partial charge in [0.05, 0.1) is 5.30 Å². The van der Waals surface area contributed by atoms with Crippen LogP contribution in [-0.4, -0.2) is 9.79 Å². The fourth-order valence-corrected chi connectivity index (χ4v) is 3.81. The van der Waals surface area contributed by atoms with Crippen LogP contribution in [0.2, 0.25) is 0 Å². The topological polar surface area (TPSA) is 57.5 Å². The van der Waals surface area contributed by atoms with E-state index in [1.54, 1.807) is 18.2 Å². The van der Waals surface area contributed by atoms with Crippen molar-refractivity contribution in [3.8, 4) is 0 Å². The minimum atomic E-state index is -4.21. The average molecular weight is 334 g/mol. The van der Waals surface area contributed by atoms with Crippen molar-refractivity contribution in [1.29, 1.82) is 0 Å². The maximum atomic E-state index is 11.4. The van der Waals surface area contributed by atoms with Crippen molar-refractivity contribution in [2.75, 3.05) is 0 Å². The van der Waals surface area contributed by atoms with Gasteiger partial charge < -0.3 is 9.79 Å². The monoisotopic (exact) mass is 334 g/mol. The highest BCUT2D eigenvalue weighted by atomic mass is 127. The molecule has 0 aliphatic rings. The Labute approximate surface area is 100 Å². The Morgan fingerprint density at radius 1 is 1.07 bits per heavy atom. The molecule has 0 saturated heterocycles. The van der Waals surface area contributed by atoms with E-state index in [1.165, 1.54) is 0 Å². The Kier molecular flexibility index (Phi) is 2.85. The largest absolute Gasteiger partial charge is 0.357 e. The van der Waals surface area contributed by atoms with Gasteiger partial charge in [-0.1, -0.05) is 30.3 Å². The molecule has 0 aliphatic heterocycles. The molecule has 0 unspecified atom stereocenters. The van der Waals surface area contributed by atoms with Gasteiger partial charge >= 0.3 is 7.60 Å². The molecule has 0 atom stereocenters. The Morgan fingerprint density at radius 3 is 2.40 bits per heavy atom. The second kappa shape index (κ2) is 3.87. The van der Waals surface area contributed by atoms with Gasteiger partial charge in [-0.05, 0) is 39.4 Å². The van der Waals surface area contributed by atoms with Crippen LogP contribution in [0, 0.1) is 3.57 Å². The number of hydrogen-bond donors (Lipinski definition) is 2. The van der Waals surface area contributed by atoms with Gasteiger partial charge in [-0.25, -0.2) is 0 Å². The zero-order chi connectivity index (χ0) is 11.1. The summed E-state index contributed by atoms with van der Waals surface area (Å²) in [5, 5.41) is 1.59. The van der Waals surface area contributed by atoms with E-state index in [1.807, 2.05) is 40.8 Å². The second-order valence-corrected chi connectivity index (χ2v) is 5.86. The van der Waals surface area contributed by atoms with Crippen LogP contribution >= 0.6 is 30.2 Å². The predicted molar refractivity (Wildman–Crippen MR) is 68.3 cm³/mol. The summed E-state index contributed by atoms with van der Waals surface area (Å²) in [4.78, 5) is 18.5. The summed E-state index contributed by atoms with van der Waals surface area (Å²) >= 11 is 1.94. The third-order valence-corrected chi connectivity index (χ3v) is 4.53. The van der Waals surface area contributed by atoms with Crippen LogP contribution in [0.5, 0.6) is 0 Å². The fraction of sp³-hybridized carbons (Fsp3) is 0. The van der Waals surface area contributed by atoms with Crippen molar-refractivity contribution >= 4 is 46.3 Å². The van der Waals surface area contributed by atoms with Crippen LogP contribution in [0.3, 0.4) is 0 Å². The van der Waals surface area contributed by atoms with Gasteiger partial charge in [0, 0.05) is 3.57 Å². The first kappa shape index (κ1) is 11.1. The van der Waals surface area contributed by atoms with Crippen molar-refractivity contribution in [2.45, 2.75) is 0 Å². The number of hydrogen-bond acceptors (Lipinski definition) is 1. The normalized spacial score (nSPS) is 11.9. The van der Waals surface area contributed by atoms with Crippen LogP contribution < -0.4 is 5.30 Å². The first-order chi connectivity index (χ1) is 7.00. The van der Waals surface area contributed by atoms with Gasteiger partial charge in [0.25, 0.3) is 0 Å². The molecule has 0 fully saturated rings. The molecule has 5 heteroatoms. The minimum absolute atomic E-state index is 0.126. The summed E-state index contributed by atoms with van der Waals surface area (Å²) in [6, 6.07) is 10.8. The second-order valence-electron chi connectivity index (χ2n) is 3.16. The molecule has 2 rings (SSSR count). The Balaban J connectivity index is 2.92. The highest BCUT2D eigenvalue weighted by Gasteiger charge is 2.23. The Morgan fingerprint density at radius 2 is 1.73 bits per heavy atom. The first-order valence-corrected chi connectivity index (χ1v) is 6.92. The molecule has 0 amide bonds. The number of halogens is 1. The molecule has 3 nitrogen and oxygen atoms in total. The molecule has 0 saturated carbocycles. The van der Waals surface area contributed by atoms with Crippen molar-refractivity contribution in [3.05, 3.63) is 40.0 Å². The molecule has 0 spiro atoms. The Hall–Kier alpha value is -0.420. The van der Waals surface area contributed by atoms with Gasteiger partial charge in [0.2, 0.25) is 0 Å². The third kappa shape index (κ3) is 2.08. The fourth-order valence-electron chi connectivity index (χ4n) is 1.52. The van der Waals surface area contributed by atoms with Crippen molar-refractivity contribution < 1.29 is 14.4 Å². The van der Waals surface area contributed by atoms with Crippen molar-refractivity contribution in [1.82, 2.24) is 0 Å². The lowest BCUT2D eigenvalue weighted by Crippen LogP contribution is -2.09. The van der Waals surface area contributed by atoms with Crippen LogP contribution in [0.15, 0.2) is 36.4 Å². The van der Waals surface area contributed by atoms with E-state index >= 15 is 0 Å². The molecule has 2 aromatic carbocycles. The van der Waals surface area contributed by atoms with E-state index in [-0.39, 0.29) is 5.30 Å². The van der Waals surface area contributed by atoms with E-state index in [4.69, 9.17) is 0 Å². The predicted octanol–water partition coefficient (Wildman–Crippen LogP) is 2.25. The standard InChI is InChI=1S/C10H8IO3P/c11-9-6-5-7-3-1-2-4-8(7)10(9)15(12,13)14/h1-6H,(H2,12,13,14). The SMILES string of the molecule is O=P(O)(O)c1c(I)ccc2ccccc12. The van der Waals surface area contributed by atoms with Gasteiger partial charge in [-0.2, -0.15) is 0 Å². The van der Waals surface area contributed by atoms with Crippen LogP contribution in [-0.2, 0) is 4.57 Å². The Bertz CT molecular complexity index is 562. The van der Waals surface area contributed by atoms with E-state index in [0.29, 0.717) is 8.96 Å². The van der Waals surface area contributed by atoms with Gasteiger partial charge in [0.15, 0.2) is 0 Å². The molecule has 0 heterocycles. The summed E-state index contributed by atoms with van der Waals surface area (Å²) in [6.07, 6.45) is 0. The summed E-state index contributed by atoms with van der Waals surface area (Å²) < 4.78 is 12.0. The molecular weight excluding hydrogens is 326 g/mol. The minimum Gasteiger partial charge on any atom is -0.321 e. The lowest BCUT2D eigenvalue weighted by molar-refractivity contribution is 0.387. The van der Waals surface area contributed by atoms with Gasteiger partial charge in [0.1, 0.15) is 0 Å². The summed E-state index contributed by atoms with van der Waals surface area (Å²) in [5.74, 6) is 0. The molecule has 15 heavy (non-hydrogen) atoms. The quantitative estimate of drug-likeness (QED) is 0.621. The average Bonchev–Trinajstić information content (AvgIpc) is 2.15. The van der Waals surface area contributed by atoms with Crippen LogP contribution in [0.4, 0.5) is 0 Å². The van der Waals surface area contributed by atoms with Crippen LogP contribution in [0.1, 0.15) is 0 Å². The first-order valence-electron chi connectivity index (χ1n) is 4.23. The zero-order valence-corrected chi connectivity index (χ0v) is 10.6. The zero-order valence-electron chi connectivity index (χ0n) is 7.59. The van der Waals surface area contributed by atoms with E-state index < -0.39 is 7.60 Å². The van der Waals surface area contributed by atoms with E-state index in [2.05, 4.69) is 0 Å². The third-order valence-electron chi connectivity index (χ3n) is 2.14. The highest BCUT2D eigenvalue weighted by molar-refractivity contribution is 14.1. The van der Waals surface area contributed by atoms with Crippen molar-refractivity contribution in [3.63, 3.8) is 0 Å². The molecular formula is C10H8IO3P. The maximum Gasteiger partial charge on any atom is 0.357 e. The maximum absolute atomic E-state index is 11.4. The molecule has 0 bridgehead atoms. The summed E-state index contributed by atoms with van der Waals surface area (Å²) in [7, 11) is -4.21. The molecule has 0 aromatic heterocycles. The molecule has 0 radical (unpaired) electrons. The van der Waals surface area contributed by atoms with Crippen molar-refractivity contribution in [2.24, 2.45) is 0 Å². The summed E-state index contributed by atoms with van der Waals surface area (Å²) in [6.45, 7) is 0. The lowest BCUT2D eigenvalue weighted by atomic mass is 10.1. The molecule has 0 aliphatic carbocycles.